The largest absolute Gasteiger partial charge is 0.459 e. The van der Waals surface area contributed by atoms with Crippen LogP contribution in [0.2, 0.25) is 15.1 Å². The molecular formula is C36H46Cl2F2N2O3Si. The summed E-state index contributed by atoms with van der Waals surface area (Å²) in [6.07, 6.45) is 6.84. The van der Waals surface area contributed by atoms with Crippen molar-refractivity contribution in [2.45, 2.75) is 121 Å². The highest BCUT2D eigenvalue weighted by atomic mass is 35.5. The summed E-state index contributed by atoms with van der Waals surface area (Å²) in [7, 11) is -0.990. The van der Waals surface area contributed by atoms with E-state index in [9.17, 15) is 10.1 Å². The first-order chi connectivity index (χ1) is 21.3. The van der Waals surface area contributed by atoms with Gasteiger partial charge in [0.15, 0.2) is 9.76 Å². The summed E-state index contributed by atoms with van der Waals surface area (Å²) in [5.74, 6) is -3.35. The molecule has 5 unspecified atom stereocenters. The van der Waals surface area contributed by atoms with Crippen LogP contribution in [0.25, 0.3) is 0 Å². The Hall–Kier alpha value is -2.28. The van der Waals surface area contributed by atoms with Crippen LogP contribution in [0.4, 0.5) is 8.78 Å². The van der Waals surface area contributed by atoms with Crippen LogP contribution in [0, 0.1) is 28.4 Å². The summed E-state index contributed by atoms with van der Waals surface area (Å²) in [6.45, 7) is 15.9. The van der Waals surface area contributed by atoms with Crippen LogP contribution in [0.1, 0.15) is 98.1 Å². The molecule has 0 amide bonds. The van der Waals surface area contributed by atoms with E-state index in [0.29, 0.717) is 12.8 Å². The van der Waals surface area contributed by atoms with E-state index in [2.05, 4.69) is 58.2 Å². The van der Waals surface area contributed by atoms with Gasteiger partial charge in [-0.3, -0.25) is 10.1 Å². The fraction of sp³-hybridized carbons (Fsp3) is 0.556. The smallest absolute Gasteiger partial charge is 0.324 e. The highest BCUT2D eigenvalue weighted by Crippen LogP contribution is 2.57. The van der Waals surface area contributed by atoms with Gasteiger partial charge >= 0.3 is 5.97 Å². The maximum Gasteiger partial charge on any atom is 0.324 e. The third-order valence-electron chi connectivity index (χ3n) is 9.50. The zero-order valence-electron chi connectivity index (χ0n) is 28.1. The fourth-order valence-corrected chi connectivity index (χ4v) is 8.53. The maximum absolute atomic E-state index is 16.2. The SMILES string of the molecule is CC(C)(C)OC(=O)C1NC(CC2(C(C)(C)O[SiH2]C(C)(C)C)CC=CCC2)C(C#N)(c2ccc(Cl)cc2F)C1c1cccc(Cl)c1F. The Morgan fingerprint density at radius 1 is 1.09 bits per heavy atom. The Kier molecular flexibility index (Phi) is 10.6. The second-order valence-corrected chi connectivity index (χ2v) is 19.1. The molecule has 10 heteroatoms. The molecule has 2 aliphatic rings. The molecule has 1 saturated heterocycles. The lowest BCUT2D eigenvalue weighted by molar-refractivity contribution is -0.157. The van der Waals surface area contributed by atoms with Crippen LogP contribution in [0.5, 0.6) is 0 Å². The Labute approximate surface area is 285 Å². The summed E-state index contributed by atoms with van der Waals surface area (Å²) in [5, 5.41) is 14.8. The number of nitrogens with one attached hydrogen (secondary N) is 1. The fourth-order valence-electron chi connectivity index (χ4n) is 7.09. The van der Waals surface area contributed by atoms with Gasteiger partial charge in [0.25, 0.3) is 0 Å². The minimum Gasteiger partial charge on any atom is -0.459 e. The van der Waals surface area contributed by atoms with Crippen molar-refractivity contribution in [1.29, 1.82) is 5.26 Å². The van der Waals surface area contributed by atoms with Crippen molar-refractivity contribution < 1.29 is 22.7 Å². The van der Waals surface area contributed by atoms with Crippen molar-refractivity contribution in [2.24, 2.45) is 5.41 Å². The van der Waals surface area contributed by atoms with Crippen molar-refractivity contribution in [3.05, 3.63) is 81.4 Å². The van der Waals surface area contributed by atoms with E-state index < -0.39 is 67.4 Å². The van der Waals surface area contributed by atoms with Gasteiger partial charge in [0.1, 0.15) is 28.7 Å². The summed E-state index contributed by atoms with van der Waals surface area (Å²) in [5.41, 5.74) is -3.72. The van der Waals surface area contributed by atoms with E-state index in [1.807, 2.05) is 0 Å². The number of carbonyl (C=O) groups excluding carboxylic acids is 1. The zero-order chi connectivity index (χ0) is 34.3. The van der Waals surface area contributed by atoms with E-state index in [1.54, 1.807) is 26.8 Å². The van der Waals surface area contributed by atoms with Gasteiger partial charge in [0.05, 0.1) is 16.7 Å². The Balaban J connectivity index is 2.00. The summed E-state index contributed by atoms with van der Waals surface area (Å²) < 4.78 is 45.0. The minimum atomic E-state index is -1.77. The number of ether oxygens (including phenoxy) is 1. The predicted molar refractivity (Wildman–Crippen MR) is 183 cm³/mol. The van der Waals surface area contributed by atoms with Crippen LogP contribution < -0.4 is 5.32 Å². The first-order valence-electron chi connectivity index (χ1n) is 15.9. The highest BCUT2D eigenvalue weighted by Gasteiger charge is 2.63. The van der Waals surface area contributed by atoms with Gasteiger partial charge < -0.3 is 9.16 Å². The van der Waals surface area contributed by atoms with Crippen LogP contribution in [0.15, 0.2) is 48.6 Å². The molecule has 46 heavy (non-hydrogen) atoms. The lowest BCUT2D eigenvalue weighted by Crippen LogP contribution is -2.54. The number of benzene rings is 2. The molecule has 1 N–H and O–H groups in total. The van der Waals surface area contributed by atoms with Crippen molar-refractivity contribution in [3.63, 3.8) is 0 Å². The standard InChI is InChI=1S/C36H46Cl2F2N2O3Si/c1-32(2,3)44-31(43)30-28(23-13-12-14-25(38)29(23)40)36(21-41,24-16-15-22(37)19-26(24)39)27(42-30)20-35(17-10-9-11-18-35)34(7,8)45-46-33(4,5)6/h9-10,12-16,19,27-28,30,42H,11,17-18,20,46H2,1-8H3. The lowest BCUT2D eigenvalue weighted by atomic mass is 9.57. The van der Waals surface area contributed by atoms with Crippen LogP contribution in [0.3, 0.4) is 0 Å². The van der Waals surface area contributed by atoms with Crippen LogP contribution >= 0.6 is 23.2 Å². The molecule has 0 bridgehead atoms. The first kappa shape index (κ1) is 36.6. The normalized spacial score (nSPS) is 27.2. The second-order valence-electron chi connectivity index (χ2n) is 15.5. The molecule has 5 atom stereocenters. The van der Waals surface area contributed by atoms with Gasteiger partial charge in [-0.25, -0.2) is 8.78 Å². The maximum atomic E-state index is 16.2. The monoisotopic (exact) mass is 690 g/mol. The molecule has 4 rings (SSSR count). The number of nitriles is 1. The number of allylic oxidation sites excluding steroid dienone is 2. The molecule has 0 aromatic heterocycles. The molecule has 0 saturated carbocycles. The van der Waals surface area contributed by atoms with Crippen LogP contribution in [-0.4, -0.2) is 39.0 Å². The van der Waals surface area contributed by atoms with Crippen LogP contribution in [-0.2, 0) is 19.4 Å². The molecule has 5 nitrogen and oxygen atoms in total. The number of esters is 1. The predicted octanol–water partition coefficient (Wildman–Crippen LogP) is 8.71. The molecule has 2 aromatic rings. The second kappa shape index (κ2) is 13.3. The Bertz CT molecular complexity index is 1530. The van der Waals surface area contributed by atoms with Crippen molar-refractivity contribution in [3.8, 4) is 6.07 Å². The quantitative estimate of drug-likeness (QED) is 0.170. The van der Waals surface area contributed by atoms with Gasteiger partial charge in [0.2, 0.25) is 0 Å². The molecule has 2 aromatic carbocycles. The topological polar surface area (TPSA) is 71.3 Å². The van der Waals surface area contributed by atoms with Gasteiger partial charge in [0, 0.05) is 28.0 Å². The van der Waals surface area contributed by atoms with Gasteiger partial charge in [-0.05, 0) is 89.1 Å². The number of carbonyl (C=O) groups is 1. The van der Waals surface area contributed by atoms with Crippen molar-refractivity contribution in [1.82, 2.24) is 5.32 Å². The molecule has 0 spiro atoms. The molecule has 250 valence electrons. The number of hydrogen-bond donors (Lipinski definition) is 1. The zero-order valence-corrected chi connectivity index (χ0v) is 31.0. The van der Waals surface area contributed by atoms with Gasteiger partial charge in [-0.15, -0.1) is 0 Å². The van der Waals surface area contributed by atoms with E-state index >= 15 is 8.78 Å². The van der Waals surface area contributed by atoms with E-state index in [1.165, 1.54) is 24.3 Å². The van der Waals surface area contributed by atoms with Gasteiger partial charge in [-0.1, -0.05) is 74.3 Å². The molecule has 1 aliphatic heterocycles. The molecule has 1 fully saturated rings. The van der Waals surface area contributed by atoms with Crippen molar-refractivity contribution in [2.75, 3.05) is 0 Å². The third kappa shape index (κ3) is 7.24. The third-order valence-corrected chi connectivity index (χ3v) is 11.8. The highest BCUT2D eigenvalue weighted by molar-refractivity contribution is 6.32. The molecule has 0 radical (unpaired) electrons. The van der Waals surface area contributed by atoms with Crippen molar-refractivity contribution >= 4 is 38.9 Å². The first-order valence-corrected chi connectivity index (χ1v) is 17.9. The molecular weight excluding hydrogens is 645 g/mol. The van der Waals surface area contributed by atoms with E-state index in [4.69, 9.17) is 32.4 Å². The summed E-state index contributed by atoms with van der Waals surface area (Å²) >= 11 is 12.5. The van der Waals surface area contributed by atoms with E-state index in [0.717, 1.165) is 18.9 Å². The average molecular weight is 692 g/mol. The minimum absolute atomic E-state index is 0.0247. The summed E-state index contributed by atoms with van der Waals surface area (Å²) in [6, 6.07) is 9.06. The Morgan fingerprint density at radius 3 is 2.35 bits per heavy atom. The summed E-state index contributed by atoms with van der Waals surface area (Å²) in [4.78, 5) is 14.0. The number of hydrogen-bond acceptors (Lipinski definition) is 5. The molecule has 1 aliphatic carbocycles. The number of rotatable bonds is 8. The molecule has 1 heterocycles. The lowest BCUT2D eigenvalue weighted by Gasteiger charge is -2.51. The van der Waals surface area contributed by atoms with Gasteiger partial charge in [-0.2, -0.15) is 5.26 Å². The Morgan fingerprint density at radius 2 is 1.78 bits per heavy atom. The number of halogens is 4. The van der Waals surface area contributed by atoms with E-state index in [-0.39, 0.29) is 26.2 Å². The number of nitrogens with zero attached hydrogens (tertiary/aromatic N) is 1. The average Bonchev–Trinajstić information content (AvgIpc) is 3.27.